The number of likely N-dealkylation sites (N-methyl/N-ethyl adjacent to an activating group) is 1. The molecule has 1 N–H and O–H groups in total. The lowest BCUT2D eigenvalue weighted by Crippen LogP contribution is -2.52. The topological polar surface area (TPSA) is 86.8 Å². The molecule has 7 nitrogen and oxygen atoms in total. The van der Waals surface area contributed by atoms with Gasteiger partial charge in [-0.05, 0) is 61.7 Å². The lowest BCUT2D eigenvalue weighted by Gasteiger charge is -2.33. The van der Waals surface area contributed by atoms with Crippen molar-refractivity contribution in [3.05, 3.63) is 93.5 Å². The Hall–Kier alpha value is -3.07. The normalized spacial score (nSPS) is 12.1. The molecular weight excluding hydrogens is 545 g/mol. The molecule has 38 heavy (non-hydrogen) atoms. The summed E-state index contributed by atoms with van der Waals surface area (Å²) in [4.78, 5) is 28.2. The summed E-state index contributed by atoms with van der Waals surface area (Å²) in [7, 11) is -2.65. The van der Waals surface area contributed by atoms with Crippen LogP contribution in [0, 0.1) is 13.8 Å². The van der Waals surface area contributed by atoms with Crippen LogP contribution < -0.4 is 9.62 Å². The number of hydrogen-bond acceptors (Lipinski definition) is 4. The summed E-state index contributed by atoms with van der Waals surface area (Å²) in [6.45, 7) is 4.81. The number of rotatable bonds is 10. The van der Waals surface area contributed by atoms with Crippen LogP contribution in [-0.2, 0) is 26.2 Å². The standard InChI is InChI=1S/C28H31Cl2N3O4S/c1-5-25(28(35)31-4)32(17-22-23(29)12-9-13-24(22)30)27(34)18-33(26-16-19(2)14-15-20(26)3)38(36,37)21-10-7-6-8-11-21/h6-16,25H,5,17-18H2,1-4H3,(H,31,35)/t25-/m0/s1. The van der Waals surface area contributed by atoms with Crippen LogP contribution in [-0.4, -0.2) is 44.8 Å². The zero-order chi connectivity index (χ0) is 28.0. The second-order valence-electron chi connectivity index (χ2n) is 8.87. The molecule has 0 aliphatic rings. The second-order valence-corrected chi connectivity index (χ2v) is 11.6. The van der Waals surface area contributed by atoms with Crippen molar-refractivity contribution in [1.82, 2.24) is 10.2 Å². The lowest BCUT2D eigenvalue weighted by atomic mass is 10.1. The molecule has 202 valence electrons. The molecule has 0 bridgehead atoms. The van der Waals surface area contributed by atoms with Crippen molar-refractivity contribution in [2.45, 2.75) is 44.7 Å². The Morgan fingerprint density at radius 2 is 1.58 bits per heavy atom. The summed E-state index contributed by atoms with van der Waals surface area (Å²) in [5.74, 6) is -0.954. The lowest BCUT2D eigenvalue weighted by molar-refractivity contribution is -0.140. The molecule has 0 spiro atoms. The smallest absolute Gasteiger partial charge is 0.264 e. The minimum atomic E-state index is -4.14. The first kappa shape index (κ1) is 29.5. The quantitative estimate of drug-likeness (QED) is 0.352. The Kier molecular flexibility index (Phi) is 9.82. The van der Waals surface area contributed by atoms with E-state index in [0.717, 1.165) is 9.87 Å². The van der Waals surface area contributed by atoms with Crippen molar-refractivity contribution in [3.63, 3.8) is 0 Å². The first-order valence-electron chi connectivity index (χ1n) is 12.1. The van der Waals surface area contributed by atoms with Crippen LogP contribution in [0.4, 0.5) is 5.69 Å². The van der Waals surface area contributed by atoms with Crippen LogP contribution in [0.25, 0.3) is 0 Å². The molecule has 0 radical (unpaired) electrons. The van der Waals surface area contributed by atoms with Crippen molar-refractivity contribution in [3.8, 4) is 0 Å². The number of aryl methyl sites for hydroxylation is 2. The van der Waals surface area contributed by atoms with Gasteiger partial charge in [0.05, 0.1) is 10.6 Å². The molecule has 0 aromatic heterocycles. The average Bonchev–Trinajstić information content (AvgIpc) is 2.90. The van der Waals surface area contributed by atoms with Gasteiger partial charge in [0.2, 0.25) is 11.8 Å². The Labute approximate surface area is 234 Å². The third-order valence-electron chi connectivity index (χ3n) is 6.27. The summed E-state index contributed by atoms with van der Waals surface area (Å²) >= 11 is 12.8. The molecule has 0 aliphatic heterocycles. The third kappa shape index (κ3) is 6.49. The Morgan fingerprint density at radius 3 is 2.16 bits per heavy atom. The fourth-order valence-corrected chi connectivity index (χ4v) is 6.17. The molecule has 3 rings (SSSR count). The number of carbonyl (C=O) groups is 2. The van der Waals surface area contributed by atoms with Gasteiger partial charge in [-0.3, -0.25) is 13.9 Å². The van der Waals surface area contributed by atoms with E-state index in [1.807, 2.05) is 19.1 Å². The molecule has 0 aliphatic carbocycles. The van der Waals surface area contributed by atoms with Gasteiger partial charge in [-0.1, -0.05) is 66.5 Å². The predicted octanol–water partition coefficient (Wildman–Crippen LogP) is 5.36. The Morgan fingerprint density at radius 1 is 0.947 bits per heavy atom. The van der Waals surface area contributed by atoms with Crippen molar-refractivity contribution >= 4 is 50.7 Å². The molecule has 0 saturated heterocycles. The maximum absolute atomic E-state index is 14.0. The highest BCUT2D eigenvalue weighted by atomic mass is 35.5. The highest BCUT2D eigenvalue weighted by Crippen LogP contribution is 2.30. The van der Waals surface area contributed by atoms with Crippen LogP contribution in [0.2, 0.25) is 10.0 Å². The van der Waals surface area contributed by atoms with Gasteiger partial charge in [-0.2, -0.15) is 0 Å². The van der Waals surface area contributed by atoms with Gasteiger partial charge in [0, 0.05) is 29.2 Å². The predicted molar refractivity (Wildman–Crippen MR) is 152 cm³/mol. The summed E-state index contributed by atoms with van der Waals surface area (Å²) in [6.07, 6.45) is 0.294. The van der Waals surface area contributed by atoms with Crippen LogP contribution in [0.3, 0.4) is 0 Å². The molecule has 0 heterocycles. The molecule has 3 aromatic carbocycles. The molecule has 3 aromatic rings. The number of halogens is 2. The number of amides is 2. The van der Waals surface area contributed by atoms with E-state index in [-0.39, 0.29) is 17.3 Å². The minimum Gasteiger partial charge on any atom is -0.357 e. The van der Waals surface area contributed by atoms with Gasteiger partial charge in [0.15, 0.2) is 0 Å². The maximum Gasteiger partial charge on any atom is 0.264 e. The number of benzene rings is 3. The second kappa shape index (κ2) is 12.7. The van der Waals surface area contributed by atoms with E-state index >= 15 is 0 Å². The summed E-state index contributed by atoms with van der Waals surface area (Å²) in [5, 5.41) is 3.27. The number of nitrogens with zero attached hydrogens (tertiary/aromatic N) is 2. The molecule has 0 saturated carbocycles. The van der Waals surface area contributed by atoms with Gasteiger partial charge in [0.1, 0.15) is 12.6 Å². The van der Waals surface area contributed by atoms with Crippen LogP contribution in [0.15, 0.2) is 71.6 Å². The van der Waals surface area contributed by atoms with Gasteiger partial charge in [-0.25, -0.2) is 8.42 Å². The van der Waals surface area contributed by atoms with Gasteiger partial charge >= 0.3 is 0 Å². The van der Waals surface area contributed by atoms with Crippen molar-refractivity contribution < 1.29 is 18.0 Å². The SMILES string of the molecule is CC[C@@H](C(=O)NC)N(Cc1c(Cl)cccc1Cl)C(=O)CN(c1cc(C)ccc1C)S(=O)(=O)c1ccccc1. The zero-order valence-electron chi connectivity index (χ0n) is 21.7. The first-order valence-corrected chi connectivity index (χ1v) is 14.3. The maximum atomic E-state index is 14.0. The molecule has 0 fully saturated rings. The summed E-state index contributed by atoms with van der Waals surface area (Å²) in [6, 6.07) is 17.5. The third-order valence-corrected chi connectivity index (χ3v) is 8.75. The Bertz CT molecular complexity index is 1390. The van der Waals surface area contributed by atoms with E-state index in [9.17, 15) is 18.0 Å². The number of hydrogen-bond donors (Lipinski definition) is 1. The van der Waals surface area contributed by atoms with E-state index in [2.05, 4.69) is 5.32 Å². The summed E-state index contributed by atoms with van der Waals surface area (Å²) in [5.41, 5.74) is 2.37. The fraction of sp³-hybridized carbons (Fsp3) is 0.286. The minimum absolute atomic E-state index is 0.0488. The molecular formula is C28H31Cl2N3O4S. The van der Waals surface area contributed by atoms with Crippen molar-refractivity contribution in [2.24, 2.45) is 0 Å². The molecule has 1 atom stereocenters. The van der Waals surface area contributed by atoms with Crippen molar-refractivity contribution in [1.29, 1.82) is 0 Å². The van der Waals surface area contributed by atoms with Gasteiger partial charge in [0.25, 0.3) is 10.0 Å². The zero-order valence-corrected chi connectivity index (χ0v) is 24.1. The monoisotopic (exact) mass is 575 g/mol. The highest BCUT2D eigenvalue weighted by molar-refractivity contribution is 7.92. The Balaban J connectivity index is 2.13. The highest BCUT2D eigenvalue weighted by Gasteiger charge is 2.34. The van der Waals surface area contributed by atoms with E-state index in [1.165, 1.54) is 24.1 Å². The number of sulfonamides is 1. The number of anilines is 1. The van der Waals surface area contributed by atoms with Crippen LogP contribution in [0.5, 0.6) is 0 Å². The first-order chi connectivity index (χ1) is 18.0. The van der Waals surface area contributed by atoms with Crippen LogP contribution in [0.1, 0.15) is 30.0 Å². The van der Waals surface area contributed by atoms with Crippen LogP contribution >= 0.6 is 23.2 Å². The van der Waals surface area contributed by atoms with Crippen molar-refractivity contribution in [2.75, 3.05) is 17.9 Å². The fourth-order valence-electron chi connectivity index (χ4n) is 4.16. The van der Waals surface area contributed by atoms with Gasteiger partial charge in [-0.15, -0.1) is 0 Å². The van der Waals surface area contributed by atoms with Gasteiger partial charge < -0.3 is 10.2 Å². The average molecular weight is 577 g/mol. The molecule has 0 unspecified atom stereocenters. The molecule has 10 heteroatoms. The van der Waals surface area contributed by atoms with E-state index in [1.54, 1.807) is 56.3 Å². The number of carbonyl (C=O) groups excluding carboxylic acids is 2. The van der Waals surface area contributed by atoms with E-state index in [0.29, 0.717) is 33.3 Å². The largest absolute Gasteiger partial charge is 0.357 e. The summed E-state index contributed by atoms with van der Waals surface area (Å²) < 4.78 is 28.9. The van der Waals surface area contributed by atoms with E-state index < -0.39 is 28.5 Å². The number of nitrogens with one attached hydrogen (secondary N) is 1. The molecule has 2 amide bonds. The van der Waals surface area contributed by atoms with E-state index in [4.69, 9.17) is 23.2 Å².